The fourth-order valence-corrected chi connectivity index (χ4v) is 2.92. The monoisotopic (exact) mass is 362 g/mol. The molecule has 1 unspecified atom stereocenters. The molecule has 0 spiro atoms. The van der Waals surface area contributed by atoms with Gasteiger partial charge in [0.05, 0.1) is 18.6 Å². The molecule has 136 valence electrons. The fourth-order valence-electron chi connectivity index (χ4n) is 2.92. The molecule has 0 saturated carbocycles. The summed E-state index contributed by atoms with van der Waals surface area (Å²) in [5, 5.41) is 14.4. The predicted molar refractivity (Wildman–Crippen MR) is 90.3 cm³/mol. The smallest absolute Gasteiger partial charge is 0.362 e. The third-order valence-corrected chi connectivity index (χ3v) is 4.33. The lowest BCUT2D eigenvalue weighted by Crippen LogP contribution is -2.57. The number of nitrogens with zero attached hydrogens (tertiary/aromatic N) is 2. The standard InChI is InChI=1S/C19H17F3N2O2/c1-13-7-5-6-10-15(13)16-12-18(26,19(20,21)22)24(23-16)17(25)11-14-8-3-2-4-9-14/h2-10,26H,11-12H2,1H3. The number of hydrogen-bond acceptors (Lipinski definition) is 3. The summed E-state index contributed by atoms with van der Waals surface area (Å²) in [5.41, 5.74) is -1.58. The quantitative estimate of drug-likeness (QED) is 0.910. The van der Waals surface area contributed by atoms with Gasteiger partial charge in [-0.15, -0.1) is 0 Å². The Morgan fingerprint density at radius 1 is 1.15 bits per heavy atom. The summed E-state index contributed by atoms with van der Waals surface area (Å²) in [6, 6.07) is 15.2. The van der Waals surface area contributed by atoms with Crippen LogP contribution in [0.2, 0.25) is 0 Å². The Hall–Kier alpha value is -2.67. The molecular formula is C19H17F3N2O2. The minimum atomic E-state index is -5.03. The van der Waals surface area contributed by atoms with Crippen molar-refractivity contribution in [2.24, 2.45) is 5.10 Å². The number of halogens is 3. The summed E-state index contributed by atoms with van der Waals surface area (Å²) in [6.07, 6.45) is -6.13. The van der Waals surface area contributed by atoms with E-state index in [0.29, 0.717) is 16.7 Å². The molecule has 1 heterocycles. The maximum Gasteiger partial charge on any atom is 0.438 e. The molecule has 4 nitrogen and oxygen atoms in total. The van der Waals surface area contributed by atoms with Gasteiger partial charge >= 0.3 is 6.18 Å². The van der Waals surface area contributed by atoms with Crippen molar-refractivity contribution in [1.29, 1.82) is 0 Å². The number of benzene rings is 2. The van der Waals surface area contributed by atoms with Crippen molar-refractivity contribution in [1.82, 2.24) is 5.01 Å². The maximum atomic E-state index is 13.6. The zero-order valence-corrected chi connectivity index (χ0v) is 14.0. The topological polar surface area (TPSA) is 52.9 Å². The van der Waals surface area contributed by atoms with Crippen molar-refractivity contribution in [3.63, 3.8) is 0 Å². The first kappa shape index (κ1) is 18.1. The zero-order valence-electron chi connectivity index (χ0n) is 14.0. The molecule has 1 N–H and O–H groups in total. The zero-order chi connectivity index (χ0) is 18.9. The number of aliphatic hydroxyl groups is 1. The number of rotatable bonds is 3. The first-order chi connectivity index (χ1) is 12.2. The summed E-state index contributed by atoms with van der Waals surface area (Å²) in [6.45, 7) is 1.74. The molecule has 1 aliphatic heterocycles. The van der Waals surface area contributed by atoms with E-state index < -0.39 is 24.2 Å². The Kier molecular flexibility index (Phi) is 4.58. The van der Waals surface area contributed by atoms with Gasteiger partial charge in [0.1, 0.15) is 0 Å². The van der Waals surface area contributed by atoms with Gasteiger partial charge in [-0.05, 0) is 18.1 Å². The lowest BCUT2D eigenvalue weighted by molar-refractivity contribution is -0.302. The van der Waals surface area contributed by atoms with Crippen LogP contribution in [0.3, 0.4) is 0 Å². The van der Waals surface area contributed by atoms with Gasteiger partial charge < -0.3 is 5.11 Å². The van der Waals surface area contributed by atoms with Crippen molar-refractivity contribution in [3.8, 4) is 0 Å². The van der Waals surface area contributed by atoms with E-state index in [9.17, 15) is 23.1 Å². The van der Waals surface area contributed by atoms with Crippen molar-refractivity contribution in [2.75, 3.05) is 0 Å². The molecule has 0 aliphatic carbocycles. The van der Waals surface area contributed by atoms with E-state index in [1.54, 1.807) is 61.5 Å². The molecule has 0 bridgehead atoms. The number of hydrogen-bond donors (Lipinski definition) is 1. The Bertz CT molecular complexity index is 849. The lowest BCUT2D eigenvalue weighted by atomic mass is 9.97. The third kappa shape index (κ3) is 3.22. The molecule has 1 aliphatic rings. The van der Waals surface area contributed by atoms with E-state index in [0.717, 1.165) is 0 Å². The van der Waals surface area contributed by atoms with Gasteiger partial charge in [-0.25, -0.2) is 0 Å². The highest BCUT2D eigenvalue weighted by Crippen LogP contribution is 2.41. The van der Waals surface area contributed by atoms with Crippen molar-refractivity contribution < 1.29 is 23.1 Å². The summed E-state index contributed by atoms with van der Waals surface area (Å²) < 4.78 is 40.7. The lowest BCUT2D eigenvalue weighted by Gasteiger charge is -2.32. The minimum Gasteiger partial charge on any atom is -0.362 e. The SMILES string of the molecule is Cc1ccccc1C1=NN(C(=O)Cc2ccccc2)C(O)(C(F)(F)F)C1. The highest BCUT2D eigenvalue weighted by atomic mass is 19.4. The van der Waals surface area contributed by atoms with Crippen LogP contribution in [0.15, 0.2) is 59.7 Å². The second kappa shape index (κ2) is 6.57. The van der Waals surface area contributed by atoms with Crippen molar-refractivity contribution in [3.05, 3.63) is 71.3 Å². The number of aryl methyl sites for hydroxylation is 1. The van der Waals surface area contributed by atoms with Crippen molar-refractivity contribution in [2.45, 2.75) is 31.7 Å². The molecule has 0 fully saturated rings. The summed E-state index contributed by atoms with van der Waals surface area (Å²) in [7, 11) is 0. The van der Waals surface area contributed by atoms with Crippen LogP contribution in [0.4, 0.5) is 13.2 Å². The largest absolute Gasteiger partial charge is 0.438 e. The van der Waals surface area contributed by atoms with Gasteiger partial charge in [0, 0.05) is 5.56 Å². The molecular weight excluding hydrogens is 345 g/mol. The Morgan fingerprint density at radius 3 is 2.38 bits per heavy atom. The van der Waals surface area contributed by atoms with Crippen LogP contribution in [0.25, 0.3) is 0 Å². The molecule has 1 atom stereocenters. The molecule has 0 saturated heterocycles. The van der Waals surface area contributed by atoms with Gasteiger partial charge in [0.15, 0.2) is 0 Å². The van der Waals surface area contributed by atoms with Gasteiger partial charge in [-0.3, -0.25) is 4.79 Å². The van der Waals surface area contributed by atoms with Crippen molar-refractivity contribution >= 4 is 11.6 Å². The van der Waals surface area contributed by atoms with E-state index in [-0.39, 0.29) is 17.1 Å². The first-order valence-corrected chi connectivity index (χ1v) is 8.02. The van der Waals surface area contributed by atoms with Crippen LogP contribution < -0.4 is 0 Å². The van der Waals surface area contributed by atoms with Crippen LogP contribution in [0, 0.1) is 6.92 Å². The highest BCUT2D eigenvalue weighted by molar-refractivity contribution is 6.04. The van der Waals surface area contributed by atoms with Crippen LogP contribution in [-0.2, 0) is 11.2 Å². The van der Waals surface area contributed by atoms with E-state index >= 15 is 0 Å². The number of amides is 1. The molecule has 0 aromatic heterocycles. The molecule has 3 rings (SSSR count). The van der Waals surface area contributed by atoms with E-state index in [4.69, 9.17) is 0 Å². The van der Waals surface area contributed by atoms with Gasteiger partial charge in [0.25, 0.3) is 5.72 Å². The van der Waals surface area contributed by atoms with E-state index in [1.165, 1.54) is 0 Å². The Morgan fingerprint density at radius 2 is 1.77 bits per heavy atom. The second-order valence-corrected chi connectivity index (χ2v) is 6.22. The molecule has 1 amide bonds. The van der Waals surface area contributed by atoms with Gasteiger partial charge in [0.2, 0.25) is 5.91 Å². The number of alkyl halides is 3. The number of carbonyl (C=O) groups excluding carboxylic acids is 1. The maximum absolute atomic E-state index is 13.6. The molecule has 2 aromatic carbocycles. The van der Waals surface area contributed by atoms with E-state index in [2.05, 4.69) is 5.10 Å². The van der Waals surface area contributed by atoms with Gasteiger partial charge in [-0.1, -0.05) is 54.6 Å². The average Bonchev–Trinajstić information content (AvgIpc) is 2.95. The van der Waals surface area contributed by atoms with Crippen LogP contribution in [0.1, 0.15) is 23.1 Å². The Labute approximate surface area is 148 Å². The summed E-state index contributed by atoms with van der Waals surface area (Å²) >= 11 is 0. The fraction of sp³-hybridized carbons (Fsp3) is 0.263. The highest BCUT2D eigenvalue weighted by Gasteiger charge is 2.63. The third-order valence-electron chi connectivity index (χ3n) is 4.33. The van der Waals surface area contributed by atoms with Crippen LogP contribution >= 0.6 is 0 Å². The molecule has 2 aromatic rings. The predicted octanol–water partition coefficient (Wildman–Crippen LogP) is 3.43. The van der Waals surface area contributed by atoms with Gasteiger partial charge in [-0.2, -0.15) is 23.3 Å². The van der Waals surface area contributed by atoms with E-state index in [1.807, 2.05) is 0 Å². The number of carbonyl (C=O) groups is 1. The minimum absolute atomic E-state index is 0.0318. The Balaban J connectivity index is 1.98. The average molecular weight is 362 g/mol. The first-order valence-electron chi connectivity index (χ1n) is 8.02. The van der Waals surface area contributed by atoms with Crippen LogP contribution in [-0.4, -0.2) is 33.6 Å². The van der Waals surface area contributed by atoms with Crippen LogP contribution in [0.5, 0.6) is 0 Å². The second-order valence-electron chi connectivity index (χ2n) is 6.22. The molecule has 0 radical (unpaired) electrons. The summed E-state index contributed by atoms with van der Waals surface area (Å²) in [5.74, 6) is -0.917. The number of hydrazone groups is 1. The molecule has 26 heavy (non-hydrogen) atoms. The normalized spacial score (nSPS) is 20.2. The summed E-state index contributed by atoms with van der Waals surface area (Å²) in [4.78, 5) is 12.5. The molecule has 7 heteroatoms.